The van der Waals surface area contributed by atoms with Crippen molar-refractivity contribution in [2.24, 2.45) is 0 Å². The second-order valence-electron chi connectivity index (χ2n) is 7.64. The molecule has 1 saturated heterocycles. The van der Waals surface area contributed by atoms with Gasteiger partial charge in [0.1, 0.15) is 11.8 Å². The lowest BCUT2D eigenvalue weighted by Crippen LogP contribution is -2.31. The molecule has 2 aromatic rings. The second-order valence-corrected chi connectivity index (χ2v) is 7.64. The lowest BCUT2D eigenvalue weighted by molar-refractivity contribution is -0.128. The molecule has 0 radical (unpaired) electrons. The van der Waals surface area contributed by atoms with Gasteiger partial charge >= 0.3 is 6.03 Å². The molecule has 0 bridgehead atoms. The van der Waals surface area contributed by atoms with Gasteiger partial charge in [-0.2, -0.15) is 0 Å². The van der Waals surface area contributed by atoms with Crippen molar-refractivity contribution in [1.29, 1.82) is 0 Å². The molecular weight excluding hydrogens is 382 g/mol. The number of carbonyl (C=O) groups excluding carboxylic acids is 3. The Balaban J connectivity index is 1.51. The quantitative estimate of drug-likeness (QED) is 0.652. The van der Waals surface area contributed by atoms with Crippen LogP contribution in [0.25, 0.3) is 0 Å². The van der Waals surface area contributed by atoms with Crippen molar-refractivity contribution >= 4 is 23.5 Å². The Hall–Kier alpha value is -3.35. The first-order valence-electron chi connectivity index (χ1n) is 10.0. The standard InChI is InChI=1S/C23H27N3O4/c1-15(2)17-6-8-18(9-7-17)24-21(27)13-12-20-22(28)26(23(29)25-20)14-16-4-10-19(30-3)11-5-16/h4-11,15,20H,12-14H2,1-3H3,(H,24,27)(H,25,29). The van der Waals surface area contributed by atoms with E-state index in [1.54, 1.807) is 19.2 Å². The third-order valence-electron chi connectivity index (χ3n) is 5.13. The molecule has 4 amide bonds. The van der Waals surface area contributed by atoms with Gasteiger partial charge in [-0.25, -0.2) is 4.79 Å². The van der Waals surface area contributed by atoms with Crippen LogP contribution in [0.15, 0.2) is 48.5 Å². The zero-order chi connectivity index (χ0) is 21.7. The number of amides is 4. The maximum absolute atomic E-state index is 12.6. The van der Waals surface area contributed by atoms with E-state index in [4.69, 9.17) is 4.74 Å². The number of nitrogens with zero attached hydrogens (tertiary/aromatic N) is 1. The number of rotatable bonds is 8. The molecule has 1 unspecified atom stereocenters. The molecule has 1 heterocycles. The van der Waals surface area contributed by atoms with E-state index in [0.717, 1.165) is 5.56 Å². The zero-order valence-electron chi connectivity index (χ0n) is 17.5. The van der Waals surface area contributed by atoms with Crippen molar-refractivity contribution in [1.82, 2.24) is 10.2 Å². The Morgan fingerprint density at radius 3 is 2.37 bits per heavy atom. The van der Waals surface area contributed by atoms with Crippen LogP contribution >= 0.6 is 0 Å². The van der Waals surface area contributed by atoms with Crippen LogP contribution in [0.5, 0.6) is 5.75 Å². The van der Waals surface area contributed by atoms with Crippen LogP contribution in [0.1, 0.15) is 43.7 Å². The van der Waals surface area contributed by atoms with Gasteiger partial charge in [-0.3, -0.25) is 14.5 Å². The highest BCUT2D eigenvalue weighted by molar-refractivity contribution is 6.04. The van der Waals surface area contributed by atoms with Crippen molar-refractivity contribution in [2.75, 3.05) is 12.4 Å². The van der Waals surface area contributed by atoms with Crippen LogP contribution in [0.3, 0.4) is 0 Å². The van der Waals surface area contributed by atoms with E-state index in [0.29, 0.717) is 17.4 Å². The van der Waals surface area contributed by atoms with Gasteiger partial charge in [0, 0.05) is 12.1 Å². The van der Waals surface area contributed by atoms with Crippen molar-refractivity contribution in [3.8, 4) is 5.75 Å². The smallest absolute Gasteiger partial charge is 0.325 e. The third kappa shape index (κ3) is 5.17. The number of imide groups is 1. The van der Waals surface area contributed by atoms with Gasteiger partial charge in [0.15, 0.2) is 0 Å². The van der Waals surface area contributed by atoms with Crippen molar-refractivity contribution < 1.29 is 19.1 Å². The molecule has 158 valence electrons. The van der Waals surface area contributed by atoms with E-state index in [1.807, 2.05) is 36.4 Å². The maximum Gasteiger partial charge on any atom is 0.325 e. The van der Waals surface area contributed by atoms with Crippen LogP contribution < -0.4 is 15.4 Å². The summed E-state index contributed by atoms with van der Waals surface area (Å²) in [6, 6.07) is 13.8. The normalized spacial score (nSPS) is 16.0. The Morgan fingerprint density at radius 2 is 1.77 bits per heavy atom. The summed E-state index contributed by atoms with van der Waals surface area (Å²) >= 11 is 0. The summed E-state index contributed by atoms with van der Waals surface area (Å²) in [4.78, 5) is 38.2. The minimum atomic E-state index is -0.690. The lowest BCUT2D eigenvalue weighted by Gasteiger charge is -2.13. The van der Waals surface area contributed by atoms with Gasteiger partial charge in [0.05, 0.1) is 13.7 Å². The lowest BCUT2D eigenvalue weighted by atomic mass is 10.0. The number of ether oxygens (including phenoxy) is 1. The fourth-order valence-corrected chi connectivity index (χ4v) is 3.29. The Morgan fingerprint density at radius 1 is 1.10 bits per heavy atom. The topological polar surface area (TPSA) is 87.7 Å². The summed E-state index contributed by atoms with van der Waals surface area (Å²) in [5, 5.41) is 5.50. The molecule has 7 nitrogen and oxygen atoms in total. The average molecular weight is 409 g/mol. The molecule has 2 aromatic carbocycles. The molecule has 1 fully saturated rings. The van der Waals surface area contributed by atoms with E-state index in [9.17, 15) is 14.4 Å². The van der Waals surface area contributed by atoms with E-state index in [2.05, 4.69) is 24.5 Å². The van der Waals surface area contributed by atoms with Crippen molar-refractivity contribution in [3.63, 3.8) is 0 Å². The number of benzene rings is 2. The first kappa shape index (κ1) is 21.4. The highest BCUT2D eigenvalue weighted by Crippen LogP contribution is 2.19. The van der Waals surface area contributed by atoms with Crippen LogP contribution in [0.4, 0.5) is 10.5 Å². The van der Waals surface area contributed by atoms with Gasteiger partial charge in [-0.15, -0.1) is 0 Å². The number of nitrogens with one attached hydrogen (secondary N) is 2. The van der Waals surface area contributed by atoms with E-state index in [-0.39, 0.29) is 31.2 Å². The number of methoxy groups -OCH3 is 1. The van der Waals surface area contributed by atoms with Gasteiger partial charge in [0.25, 0.3) is 5.91 Å². The summed E-state index contributed by atoms with van der Waals surface area (Å²) < 4.78 is 5.11. The number of hydrogen-bond donors (Lipinski definition) is 2. The molecule has 0 spiro atoms. The summed E-state index contributed by atoms with van der Waals surface area (Å²) in [5.41, 5.74) is 2.74. The van der Waals surface area contributed by atoms with E-state index in [1.165, 1.54) is 10.5 Å². The molecule has 3 rings (SSSR count). The molecular formula is C23H27N3O4. The predicted octanol–water partition coefficient (Wildman–Crippen LogP) is 3.66. The zero-order valence-corrected chi connectivity index (χ0v) is 17.5. The van der Waals surface area contributed by atoms with Gasteiger partial charge in [-0.1, -0.05) is 38.1 Å². The third-order valence-corrected chi connectivity index (χ3v) is 5.13. The summed E-state index contributed by atoms with van der Waals surface area (Å²) in [5.74, 6) is 0.624. The number of anilines is 1. The maximum atomic E-state index is 12.6. The number of hydrogen-bond acceptors (Lipinski definition) is 4. The molecule has 7 heteroatoms. The highest BCUT2D eigenvalue weighted by Gasteiger charge is 2.37. The van der Waals surface area contributed by atoms with E-state index >= 15 is 0 Å². The predicted molar refractivity (Wildman–Crippen MR) is 114 cm³/mol. The van der Waals surface area contributed by atoms with Crippen LogP contribution in [-0.4, -0.2) is 35.9 Å². The van der Waals surface area contributed by atoms with Crippen LogP contribution in [-0.2, 0) is 16.1 Å². The Bertz CT molecular complexity index is 907. The van der Waals surface area contributed by atoms with Crippen LogP contribution in [0, 0.1) is 0 Å². The Labute approximate surface area is 176 Å². The van der Waals surface area contributed by atoms with Crippen molar-refractivity contribution in [3.05, 3.63) is 59.7 Å². The highest BCUT2D eigenvalue weighted by atomic mass is 16.5. The SMILES string of the molecule is COc1ccc(CN2C(=O)NC(CCC(=O)Nc3ccc(C(C)C)cc3)C2=O)cc1. The average Bonchev–Trinajstić information content (AvgIpc) is 3.00. The van der Waals surface area contributed by atoms with Crippen LogP contribution in [0.2, 0.25) is 0 Å². The fourth-order valence-electron chi connectivity index (χ4n) is 3.29. The largest absolute Gasteiger partial charge is 0.497 e. The molecule has 0 saturated carbocycles. The number of carbonyl (C=O) groups is 3. The molecule has 30 heavy (non-hydrogen) atoms. The molecule has 0 aromatic heterocycles. The monoisotopic (exact) mass is 409 g/mol. The number of urea groups is 1. The Kier molecular flexibility index (Phi) is 6.72. The first-order chi connectivity index (χ1) is 14.4. The summed E-state index contributed by atoms with van der Waals surface area (Å²) in [6.45, 7) is 4.40. The van der Waals surface area contributed by atoms with Crippen molar-refractivity contribution in [2.45, 2.75) is 45.2 Å². The van der Waals surface area contributed by atoms with Gasteiger partial charge < -0.3 is 15.4 Å². The summed E-state index contributed by atoms with van der Waals surface area (Å²) in [6.07, 6.45) is 0.387. The molecule has 2 N–H and O–H groups in total. The molecule has 0 aliphatic carbocycles. The van der Waals surface area contributed by atoms with Gasteiger partial charge in [0.2, 0.25) is 5.91 Å². The minimum Gasteiger partial charge on any atom is -0.497 e. The van der Waals surface area contributed by atoms with Gasteiger partial charge in [-0.05, 0) is 47.7 Å². The second kappa shape index (κ2) is 9.43. The van der Waals surface area contributed by atoms with E-state index < -0.39 is 12.1 Å². The summed E-state index contributed by atoms with van der Waals surface area (Å²) in [7, 11) is 1.58. The first-order valence-corrected chi connectivity index (χ1v) is 10.0. The fraction of sp³-hybridized carbons (Fsp3) is 0.348. The molecule has 1 aliphatic rings. The molecule has 1 atom stereocenters. The minimum absolute atomic E-state index is 0.138. The molecule has 1 aliphatic heterocycles.